The summed E-state index contributed by atoms with van der Waals surface area (Å²) in [5.41, 5.74) is 7.40. The lowest BCUT2D eigenvalue weighted by Crippen LogP contribution is -2.35. The van der Waals surface area contributed by atoms with Crippen LogP contribution in [0.5, 0.6) is 5.88 Å². The number of unbranched alkanes of at least 4 members (excludes halogenated alkanes) is 1. The summed E-state index contributed by atoms with van der Waals surface area (Å²) in [6.07, 6.45) is 10.2. The van der Waals surface area contributed by atoms with Crippen molar-refractivity contribution in [2.45, 2.75) is 87.0 Å². The van der Waals surface area contributed by atoms with Crippen molar-refractivity contribution in [3.8, 4) is 5.88 Å². The first kappa shape index (κ1) is 35.1. The molecule has 0 bridgehead atoms. The van der Waals surface area contributed by atoms with E-state index < -0.39 is 0 Å². The molecule has 4 rings (SSSR count). The molecule has 1 aromatic carbocycles. The third kappa shape index (κ3) is 11.0. The number of aryl methyl sites for hydroxylation is 1. The fourth-order valence-electron chi connectivity index (χ4n) is 5.08. The van der Waals surface area contributed by atoms with Gasteiger partial charge in [-0.2, -0.15) is 0 Å². The number of allylic oxidation sites excluding steroid dienone is 3. The average molecular weight is 576 g/mol. The monoisotopic (exact) mass is 575 g/mol. The van der Waals surface area contributed by atoms with Crippen molar-refractivity contribution >= 4 is 16.6 Å². The van der Waals surface area contributed by atoms with Crippen LogP contribution in [0, 0.1) is 24.6 Å². The Morgan fingerprint density at radius 1 is 1.10 bits per heavy atom. The third-order valence-electron chi connectivity index (χ3n) is 7.57. The summed E-state index contributed by atoms with van der Waals surface area (Å²) in [6.45, 7) is 22.2. The zero-order chi connectivity index (χ0) is 31.1. The van der Waals surface area contributed by atoms with Gasteiger partial charge in [-0.25, -0.2) is 9.37 Å². The zero-order valence-electron chi connectivity index (χ0n) is 27.5. The largest absolute Gasteiger partial charge is 0.481 e. The van der Waals surface area contributed by atoms with Gasteiger partial charge in [0.2, 0.25) is 5.88 Å². The summed E-state index contributed by atoms with van der Waals surface area (Å²) in [5.74, 6) is 1.43. The Bertz CT molecular complexity index is 1260. The number of fused-ring (bicyclic) bond motifs is 1. The molecule has 2 aromatic heterocycles. The highest BCUT2D eigenvalue weighted by molar-refractivity contribution is 5.78. The Hall–Kier alpha value is -3.05. The summed E-state index contributed by atoms with van der Waals surface area (Å²) in [7, 11) is 1.56. The highest BCUT2D eigenvalue weighted by Gasteiger charge is 2.20. The molecule has 4 nitrogen and oxygen atoms in total. The van der Waals surface area contributed by atoms with Crippen molar-refractivity contribution in [3.05, 3.63) is 83.3 Å². The number of nitrogens with zero attached hydrogens (tertiary/aromatic N) is 3. The number of piperidine rings is 1. The van der Waals surface area contributed by atoms with Gasteiger partial charge < -0.3 is 9.64 Å². The lowest BCUT2D eigenvalue weighted by atomic mass is 9.91. The number of hydrogen-bond donors (Lipinski definition) is 0. The number of ether oxygens (including phenoxy) is 1. The maximum Gasteiger partial charge on any atom is 0.213 e. The number of halogens is 1. The number of rotatable bonds is 9. The number of pyridine rings is 2. The molecule has 3 heterocycles. The van der Waals surface area contributed by atoms with Gasteiger partial charge in [-0.05, 0) is 81.7 Å². The van der Waals surface area contributed by atoms with Gasteiger partial charge in [0.25, 0.3) is 0 Å². The summed E-state index contributed by atoms with van der Waals surface area (Å²) in [4.78, 5) is 10.9. The lowest BCUT2D eigenvalue weighted by Gasteiger charge is -2.32. The van der Waals surface area contributed by atoms with Crippen molar-refractivity contribution in [1.29, 1.82) is 0 Å². The smallest absolute Gasteiger partial charge is 0.213 e. The maximum absolute atomic E-state index is 14.3. The molecule has 0 saturated carbocycles. The molecule has 0 unspecified atom stereocenters. The first-order valence-electron chi connectivity index (χ1n) is 15.8. The van der Waals surface area contributed by atoms with Gasteiger partial charge in [0.15, 0.2) is 0 Å². The first-order chi connectivity index (χ1) is 20.1. The second-order valence-corrected chi connectivity index (χ2v) is 11.7. The zero-order valence-corrected chi connectivity index (χ0v) is 27.5. The predicted molar refractivity (Wildman–Crippen MR) is 179 cm³/mol. The summed E-state index contributed by atoms with van der Waals surface area (Å²) >= 11 is 0. The highest BCUT2D eigenvalue weighted by atomic mass is 19.1. The fourth-order valence-corrected chi connectivity index (χ4v) is 5.08. The molecule has 0 aliphatic carbocycles. The molecule has 42 heavy (non-hydrogen) atoms. The normalized spacial score (nSPS) is 14.2. The molecule has 0 radical (unpaired) electrons. The first-order valence-corrected chi connectivity index (χ1v) is 15.8. The minimum absolute atomic E-state index is 0.292. The number of hydrogen-bond acceptors (Lipinski definition) is 4. The van der Waals surface area contributed by atoms with Gasteiger partial charge >= 0.3 is 0 Å². The van der Waals surface area contributed by atoms with Crippen LogP contribution in [0.25, 0.3) is 16.6 Å². The summed E-state index contributed by atoms with van der Waals surface area (Å²) in [6, 6.07) is 12.4. The molecule has 5 heteroatoms. The van der Waals surface area contributed by atoms with Crippen molar-refractivity contribution in [2.75, 3.05) is 26.7 Å². The Balaban J connectivity index is 0.000000294. The molecule has 230 valence electrons. The Morgan fingerprint density at radius 2 is 1.74 bits per heavy atom. The van der Waals surface area contributed by atoms with Crippen molar-refractivity contribution in [2.24, 2.45) is 11.8 Å². The van der Waals surface area contributed by atoms with Crippen molar-refractivity contribution in [3.63, 3.8) is 0 Å². The van der Waals surface area contributed by atoms with E-state index in [4.69, 9.17) is 4.74 Å². The van der Waals surface area contributed by atoms with Crippen LogP contribution in [-0.4, -0.2) is 41.6 Å². The van der Waals surface area contributed by atoms with Gasteiger partial charge in [-0.3, -0.25) is 4.98 Å². The Morgan fingerprint density at radius 3 is 2.29 bits per heavy atom. The summed E-state index contributed by atoms with van der Waals surface area (Å²) in [5, 5.41) is 0. The number of methoxy groups -OCH3 is 1. The third-order valence-corrected chi connectivity index (χ3v) is 7.57. The number of aromatic nitrogens is 2. The van der Waals surface area contributed by atoms with Crippen LogP contribution in [0.1, 0.15) is 90.3 Å². The van der Waals surface area contributed by atoms with E-state index in [1.165, 1.54) is 47.7 Å². The van der Waals surface area contributed by atoms with Crippen LogP contribution >= 0.6 is 0 Å². The van der Waals surface area contributed by atoms with Crippen LogP contribution in [0.2, 0.25) is 0 Å². The van der Waals surface area contributed by atoms with Crippen LogP contribution < -0.4 is 4.74 Å². The van der Waals surface area contributed by atoms with E-state index in [1.807, 2.05) is 6.07 Å². The van der Waals surface area contributed by atoms with E-state index in [-0.39, 0.29) is 5.82 Å². The second-order valence-electron chi connectivity index (χ2n) is 11.7. The molecule has 1 aliphatic heterocycles. The van der Waals surface area contributed by atoms with Crippen LogP contribution in [0.15, 0.2) is 60.8 Å². The minimum Gasteiger partial charge on any atom is -0.481 e. The maximum atomic E-state index is 14.3. The quantitative estimate of drug-likeness (QED) is 0.238. The standard InChI is InChI=1S/C19H24FN3O.C15H22.C3H8/c1-13(2)14-6-9-23(10-7-14)11-8-15-16(20)12-21-17-4-5-18(24-3)22-19(15)17;1-5-6-7-15(12(2)3)14-10-8-13(4)9-11-14;1-3-2/h4-5,12,14H,1,6-11H2,2-3H3;7-12H,5-6H2,1-4H3;3H2,1-2H3/b;15-7+;. The van der Waals surface area contributed by atoms with Crippen LogP contribution in [0.4, 0.5) is 4.39 Å². The SMILES string of the molecule is C=C(C)C1CCN(CCc2c(F)cnc3ccc(OC)nc23)CC1.CCC.CCC/C=C(/c1ccc(C)cc1)C(C)C. The molecule has 0 atom stereocenters. The molecule has 0 spiro atoms. The predicted octanol–water partition coefficient (Wildman–Crippen LogP) is 9.86. The lowest BCUT2D eigenvalue weighted by molar-refractivity contribution is 0.200. The van der Waals surface area contributed by atoms with Crippen LogP contribution in [0.3, 0.4) is 0 Å². The highest BCUT2D eigenvalue weighted by Crippen LogP contribution is 2.26. The van der Waals surface area contributed by atoms with Gasteiger partial charge in [-0.1, -0.05) is 95.5 Å². The van der Waals surface area contributed by atoms with Gasteiger partial charge in [-0.15, -0.1) is 0 Å². The number of benzene rings is 1. The van der Waals surface area contributed by atoms with E-state index in [0.29, 0.717) is 40.7 Å². The summed E-state index contributed by atoms with van der Waals surface area (Å²) < 4.78 is 19.5. The van der Waals surface area contributed by atoms with E-state index in [2.05, 4.69) is 100 Å². The van der Waals surface area contributed by atoms with Gasteiger partial charge in [0, 0.05) is 18.2 Å². The Labute approximate surface area is 255 Å². The minimum atomic E-state index is -0.292. The molecular formula is C37H54FN3O. The molecular weight excluding hydrogens is 521 g/mol. The van der Waals surface area contributed by atoms with Crippen molar-refractivity contribution in [1.82, 2.24) is 14.9 Å². The van der Waals surface area contributed by atoms with Crippen molar-refractivity contribution < 1.29 is 9.13 Å². The number of likely N-dealkylation sites (tertiary alicyclic amines) is 1. The van der Waals surface area contributed by atoms with Gasteiger partial charge in [0.1, 0.15) is 5.82 Å². The average Bonchev–Trinajstić information content (AvgIpc) is 2.98. The van der Waals surface area contributed by atoms with Crippen LogP contribution in [-0.2, 0) is 6.42 Å². The Kier molecular flexibility index (Phi) is 15.5. The van der Waals surface area contributed by atoms with Gasteiger partial charge in [0.05, 0.1) is 24.3 Å². The molecule has 0 N–H and O–H groups in total. The molecule has 0 amide bonds. The second kappa shape index (κ2) is 18.5. The van der Waals surface area contributed by atoms with E-state index in [0.717, 1.165) is 32.5 Å². The van der Waals surface area contributed by atoms with E-state index in [9.17, 15) is 4.39 Å². The van der Waals surface area contributed by atoms with E-state index >= 15 is 0 Å². The molecule has 3 aromatic rings. The fraction of sp³-hybridized carbons (Fsp3) is 0.514. The molecule has 1 aliphatic rings. The van der Waals surface area contributed by atoms with E-state index in [1.54, 1.807) is 13.2 Å². The molecule has 1 saturated heterocycles. The topological polar surface area (TPSA) is 38.2 Å². The molecule has 1 fully saturated rings.